The maximum absolute atomic E-state index is 12.6. The van der Waals surface area contributed by atoms with E-state index in [0.717, 1.165) is 12.8 Å². The molecule has 1 aliphatic heterocycles. The Balaban J connectivity index is 0.00000264. The lowest BCUT2D eigenvalue weighted by atomic mass is 9.71. The Morgan fingerprint density at radius 3 is 2.61 bits per heavy atom. The molecule has 1 saturated heterocycles. The molecule has 2 rings (SSSR count). The molecule has 7 heteroatoms. The van der Waals surface area contributed by atoms with Crippen molar-refractivity contribution < 1.29 is 14.3 Å². The van der Waals surface area contributed by atoms with Gasteiger partial charge in [0.05, 0.1) is 12.7 Å². The second kappa shape index (κ2) is 9.45. The number of morpholine rings is 1. The van der Waals surface area contributed by atoms with Gasteiger partial charge in [-0.1, -0.05) is 19.3 Å². The number of nitrogens with zero attached hydrogens (tertiary/aromatic N) is 1. The second-order valence-electron chi connectivity index (χ2n) is 6.71. The molecule has 0 aromatic carbocycles. The van der Waals surface area contributed by atoms with Crippen molar-refractivity contribution in [3.05, 3.63) is 0 Å². The summed E-state index contributed by atoms with van der Waals surface area (Å²) in [5.41, 5.74) is 5.98. The minimum Gasteiger partial charge on any atom is -0.373 e. The van der Waals surface area contributed by atoms with E-state index < -0.39 is 0 Å². The van der Waals surface area contributed by atoms with E-state index in [1.54, 1.807) is 0 Å². The van der Waals surface area contributed by atoms with E-state index in [2.05, 4.69) is 5.32 Å². The molecule has 23 heavy (non-hydrogen) atoms. The minimum atomic E-state index is -0.109. The van der Waals surface area contributed by atoms with Crippen LogP contribution >= 0.6 is 12.4 Å². The summed E-state index contributed by atoms with van der Waals surface area (Å²) >= 11 is 0. The van der Waals surface area contributed by atoms with Gasteiger partial charge >= 0.3 is 0 Å². The van der Waals surface area contributed by atoms with E-state index in [1.165, 1.54) is 26.2 Å². The first-order valence-corrected chi connectivity index (χ1v) is 8.38. The molecule has 1 heterocycles. The highest BCUT2D eigenvalue weighted by atomic mass is 35.5. The van der Waals surface area contributed by atoms with Crippen LogP contribution in [0, 0.1) is 5.41 Å². The van der Waals surface area contributed by atoms with E-state index in [0.29, 0.717) is 39.2 Å². The van der Waals surface area contributed by atoms with Crippen LogP contribution < -0.4 is 11.1 Å². The molecule has 0 aromatic rings. The van der Waals surface area contributed by atoms with Crippen LogP contribution in [0.2, 0.25) is 0 Å². The summed E-state index contributed by atoms with van der Waals surface area (Å²) in [4.78, 5) is 25.5. The van der Waals surface area contributed by atoms with Crippen molar-refractivity contribution in [2.24, 2.45) is 11.1 Å². The maximum atomic E-state index is 12.6. The molecule has 134 valence electrons. The van der Waals surface area contributed by atoms with Crippen LogP contribution in [0.4, 0.5) is 0 Å². The average Bonchev–Trinajstić information content (AvgIpc) is 2.54. The zero-order valence-corrected chi connectivity index (χ0v) is 14.8. The van der Waals surface area contributed by atoms with E-state index in [4.69, 9.17) is 10.5 Å². The van der Waals surface area contributed by atoms with Gasteiger partial charge in [-0.25, -0.2) is 0 Å². The highest BCUT2D eigenvalue weighted by molar-refractivity contribution is 5.85. The monoisotopic (exact) mass is 347 g/mol. The summed E-state index contributed by atoms with van der Waals surface area (Å²) < 4.78 is 5.62. The zero-order valence-electron chi connectivity index (χ0n) is 14.0. The molecule has 0 radical (unpaired) electrons. The number of rotatable bonds is 5. The maximum Gasteiger partial charge on any atom is 0.223 e. The van der Waals surface area contributed by atoms with Crippen LogP contribution in [0.5, 0.6) is 0 Å². The molecule has 6 nitrogen and oxygen atoms in total. The van der Waals surface area contributed by atoms with Crippen molar-refractivity contribution in [3.8, 4) is 0 Å². The van der Waals surface area contributed by atoms with Gasteiger partial charge in [0.25, 0.3) is 0 Å². The summed E-state index contributed by atoms with van der Waals surface area (Å²) in [6.45, 7) is 4.26. The highest BCUT2D eigenvalue weighted by Crippen LogP contribution is 2.38. The predicted octanol–water partition coefficient (Wildman–Crippen LogP) is 1.07. The molecular weight excluding hydrogens is 318 g/mol. The zero-order chi connectivity index (χ0) is 16.0. The molecule has 1 saturated carbocycles. The van der Waals surface area contributed by atoms with Crippen molar-refractivity contribution >= 4 is 24.2 Å². The number of carbonyl (C=O) groups is 2. The molecule has 0 aromatic heterocycles. The smallest absolute Gasteiger partial charge is 0.223 e. The van der Waals surface area contributed by atoms with Crippen LogP contribution in [0.25, 0.3) is 0 Å². The normalized spacial score (nSPS) is 23.7. The fraction of sp³-hybridized carbons (Fsp3) is 0.875. The quantitative estimate of drug-likeness (QED) is 0.779. The number of carbonyl (C=O) groups excluding carboxylic acids is 2. The van der Waals surface area contributed by atoms with Gasteiger partial charge in [-0.05, 0) is 24.8 Å². The standard InChI is InChI=1S/C16H29N3O3.ClH/c1-13(20)18-10-14-11-19(7-8-22-14)15(21)9-16(12-17)5-3-2-4-6-16;/h14H,2-12,17H2,1H3,(H,18,20);1H. The molecule has 2 amide bonds. The molecule has 0 bridgehead atoms. The lowest BCUT2D eigenvalue weighted by Gasteiger charge is -2.39. The number of ether oxygens (including phenoxy) is 1. The number of amides is 2. The molecule has 3 N–H and O–H groups in total. The van der Waals surface area contributed by atoms with E-state index >= 15 is 0 Å². The molecule has 0 spiro atoms. The van der Waals surface area contributed by atoms with Gasteiger partial charge in [0.15, 0.2) is 0 Å². The van der Waals surface area contributed by atoms with Crippen LogP contribution in [0.3, 0.4) is 0 Å². The Morgan fingerprint density at radius 1 is 1.30 bits per heavy atom. The van der Waals surface area contributed by atoms with Crippen molar-refractivity contribution in [1.29, 1.82) is 0 Å². The number of hydrogen-bond donors (Lipinski definition) is 2. The second-order valence-corrected chi connectivity index (χ2v) is 6.71. The van der Waals surface area contributed by atoms with Gasteiger partial charge in [0, 0.05) is 33.0 Å². The Morgan fingerprint density at radius 2 is 2.00 bits per heavy atom. The summed E-state index contributed by atoms with van der Waals surface area (Å²) in [6.07, 6.45) is 6.19. The summed E-state index contributed by atoms with van der Waals surface area (Å²) in [7, 11) is 0. The van der Waals surface area contributed by atoms with Gasteiger partial charge in [-0.15, -0.1) is 12.4 Å². The summed E-state index contributed by atoms with van der Waals surface area (Å²) in [5.74, 6) is 0.111. The third-order valence-corrected chi connectivity index (χ3v) is 4.94. The van der Waals surface area contributed by atoms with E-state index in [9.17, 15) is 9.59 Å². The Kier molecular flexibility index (Phi) is 8.29. The minimum absolute atomic E-state index is 0. The van der Waals surface area contributed by atoms with Gasteiger partial charge < -0.3 is 20.7 Å². The molecule has 2 fully saturated rings. The summed E-state index contributed by atoms with van der Waals surface area (Å²) in [6, 6.07) is 0. The number of nitrogens with one attached hydrogen (secondary N) is 1. The van der Waals surface area contributed by atoms with E-state index in [-0.39, 0.29) is 35.7 Å². The van der Waals surface area contributed by atoms with Gasteiger partial charge in [0.2, 0.25) is 11.8 Å². The number of hydrogen-bond acceptors (Lipinski definition) is 4. The highest BCUT2D eigenvalue weighted by Gasteiger charge is 2.35. The lowest BCUT2D eigenvalue weighted by Crippen LogP contribution is -2.51. The van der Waals surface area contributed by atoms with Crippen molar-refractivity contribution in [2.45, 2.75) is 51.6 Å². The lowest BCUT2D eigenvalue weighted by molar-refractivity contribution is -0.141. The van der Waals surface area contributed by atoms with Crippen LogP contribution in [-0.2, 0) is 14.3 Å². The van der Waals surface area contributed by atoms with Gasteiger partial charge in [-0.2, -0.15) is 0 Å². The Labute approximate surface area is 144 Å². The molecular formula is C16H30ClN3O3. The number of nitrogens with two attached hydrogens (primary N) is 1. The molecule has 1 atom stereocenters. The van der Waals surface area contributed by atoms with Crippen molar-refractivity contribution in [1.82, 2.24) is 10.2 Å². The Bertz CT molecular complexity index is 400. The SMILES string of the molecule is CC(=O)NCC1CN(C(=O)CC2(CN)CCCCC2)CCO1.Cl. The van der Waals surface area contributed by atoms with Gasteiger partial charge in [-0.3, -0.25) is 9.59 Å². The predicted molar refractivity (Wildman–Crippen MR) is 91.4 cm³/mol. The number of halogens is 1. The van der Waals surface area contributed by atoms with Crippen LogP contribution in [-0.4, -0.2) is 55.6 Å². The topological polar surface area (TPSA) is 84.7 Å². The van der Waals surface area contributed by atoms with Gasteiger partial charge in [0.1, 0.15) is 0 Å². The molecule has 1 unspecified atom stereocenters. The Hall–Kier alpha value is -0.850. The average molecular weight is 348 g/mol. The molecule has 2 aliphatic rings. The first-order valence-electron chi connectivity index (χ1n) is 8.38. The fourth-order valence-electron chi connectivity index (χ4n) is 3.51. The molecule has 1 aliphatic carbocycles. The van der Waals surface area contributed by atoms with E-state index in [1.807, 2.05) is 4.90 Å². The van der Waals surface area contributed by atoms with Crippen molar-refractivity contribution in [2.75, 3.05) is 32.8 Å². The first-order chi connectivity index (χ1) is 10.5. The van der Waals surface area contributed by atoms with Crippen molar-refractivity contribution in [3.63, 3.8) is 0 Å². The fourth-order valence-corrected chi connectivity index (χ4v) is 3.51. The van der Waals surface area contributed by atoms with Crippen LogP contribution in [0.1, 0.15) is 45.4 Å². The largest absolute Gasteiger partial charge is 0.373 e. The third-order valence-electron chi connectivity index (χ3n) is 4.94. The third kappa shape index (κ3) is 5.94. The van der Waals surface area contributed by atoms with Crippen LogP contribution in [0.15, 0.2) is 0 Å². The summed E-state index contributed by atoms with van der Waals surface area (Å²) in [5, 5.41) is 2.75. The first kappa shape index (κ1) is 20.2.